The molecule has 0 fully saturated rings. The van der Waals surface area contributed by atoms with Crippen molar-refractivity contribution in [2.75, 3.05) is 13.2 Å². The summed E-state index contributed by atoms with van der Waals surface area (Å²) < 4.78 is 11.8. The highest BCUT2D eigenvalue weighted by Gasteiger charge is 2.50. The molecule has 3 N–H and O–H groups in total. The second-order valence-electron chi connectivity index (χ2n) is 9.66. The van der Waals surface area contributed by atoms with Gasteiger partial charge in [-0.2, -0.15) is 0 Å². The van der Waals surface area contributed by atoms with Crippen LogP contribution in [0.5, 0.6) is 5.75 Å². The Morgan fingerprint density at radius 2 is 1.72 bits per heavy atom. The molecular formula is C32H33N3O4. The molecule has 4 aromatic rings. The molecule has 0 spiro atoms. The fraction of sp³-hybridized carbons (Fsp3) is 0.250. The van der Waals surface area contributed by atoms with E-state index in [1.54, 1.807) is 0 Å². The number of rotatable bonds is 11. The maximum Gasteiger partial charge on any atom is 0.266 e. The molecule has 0 saturated carbocycles. The predicted molar refractivity (Wildman–Crippen MR) is 153 cm³/mol. The van der Waals surface area contributed by atoms with Gasteiger partial charge in [-0.3, -0.25) is 10.2 Å². The lowest BCUT2D eigenvalue weighted by Gasteiger charge is -2.28. The second kappa shape index (κ2) is 12.1. The van der Waals surface area contributed by atoms with Crippen molar-refractivity contribution in [3.63, 3.8) is 0 Å². The lowest BCUT2D eigenvalue weighted by Crippen LogP contribution is -2.55. The highest BCUT2D eigenvalue weighted by molar-refractivity contribution is 6.00. The van der Waals surface area contributed by atoms with Gasteiger partial charge in [0.15, 0.2) is 5.54 Å². The Balaban J connectivity index is 1.36. The summed E-state index contributed by atoms with van der Waals surface area (Å²) in [6, 6.07) is 31.6. The largest absolute Gasteiger partial charge is 0.494 e. The molecule has 5 rings (SSSR count). The number of nitrogens with one attached hydrogen (secondary N) is 2. The van der Waals surface area contributed by atoms with Crippen molar-refractivity contribution in [3.8, 4) is 5.75 Å². The van der Waals surface area contributed by atoms with Gasteiger partial charge in [0.1, 0.15) is 11.9 Å². The average Bonchev–Trinajstić information content (AvgIpc) is 3.30. The van der Waals surface area contributed by atoms with Crippen LogP contribution in [0.3, 0.4) is 0 Å². The third-order valence-electron chi connectivity index (χ3n) is 7.00. The van der Waals surface area contributed by atoms with Gasteiger partial charge < -0.3 is 14.6 Å². The van der Waals surface area contributed by atoms with E-state index in [2.05, 4.69) is 35.1 Å². The van der Waals surface area contributed by atoms with E-state index in [0.29, 0.717) is 37.6 Å². The highest BCUT2D eigenvalue weighted by Crippen LogP contribution is 2.33. The fourth-order valence-corrected chi connectivity index (χ4v) is 4.82. The monoisotopic (exact) mass is 523 g/mol. The van der Waals surface area contributed by atoms with Crippen LogP contribution in [0, 0.1) is 0 Å². The number of hydrazine groups is 1. The Kier molecular flexibility index (Phi) is 8.20. The summed E-state index contributed by atoms with van der Waals surface area (Å²) in [5.74, 6) is 0.868. The molecule has 4 aromatic carbocycles. The van der Waals surface area contributed by atoms with Crippen LogP contribution >= 0.6 is 0 Å². The SMILES string of the molecule is C[C@@H]1OC(c2ccc(OCCCO)cc2)=N[C@]1(Cc1ccccc1)C(=O)NNCc1cccc2ccccc12. The van der Waals surface area contributed by atoms with Crippen molar-refractivity contribution in [3.05, 3.63) is 114 Å². The molecule has 1 amide bonds. The van der Waals surface area contributed by atoms with Gasteiger partial charge in [-0.15, -0.1) is 0 Å². The van der Waals surface area contributed by atoms with Crippen LogP contribution in [-0.2, 0) is 22.5 Å². The van der Waals surface area contributed by atoms with Crippen molar-refractivity contribution in [1.82, 2.24) is 10.9 Å². The first-order valence-corrected chi connectivity index (χ1v) is 13.2. The molecule has 0 bridgehead atoms. The molecule has 1 aliphatic heterocycles. The Morgan fingerprint density at radius 3 is 2.51 bits per heavy atom. The quantitative estimate of drug-likeness (QED) is 0.198. The number of fused-ring (bicyclic) bond motifs is 1. The molecule has 1 aliphatic rings. The van der Waals surface area contributed by atoms with Gasteiger partial charge in [-0.25, -0.2) is 10.4 Å². The number of amides is 1. The van der Waals surface area contributed by atoms with Gasteiger partial charge in [0.05, 0.1) is 6.61 Å². The van der Waals surface area contributed by atoms with E-state index >= 15 is 0 Å². The minimum atomic E-state index is -1.15. The van der Waals surface area contributed by atoms with Crippen molar-refractivity contribution in [1.29, 1.82) is 0 Å². The van der Waals surface area contributed by atoms with Crippen LogP contribution in [-0.4, -0.2) is 41.8 Å². The number of ether oxygens (including phenoxy) is 2. The number of aliphatic imine (C=N–C) groups is 1. The fourth-order valence-electron chi connectivity index (χ4n) is 4.82. The zero-order valence-corrected chi connectivity index (χ0v) is 22.0. The molecule has 0 radical (unpaired) electrons. The van der Waals surface area contributed by atoms with Gasteiger partial charge >= 0.3 is 0 Å². The maximum absolute atomic E-state index is 13.8. The summed E-state index contributed by atoms with van der Waals surface area (Å²) in [4.78, 5) is 18.7. The van der Waals surface area contributed by atoms with Crippen LogP contribution in [0.25, 0.3) is 10.8 Å². The van der Waals surface area contributed by atoms with Crippen LogP contribution in [0.15, 0.2) is 102 Å². The summed E-state index contributed by atoms with van der Waals surface area (Å²) in [7, 11) is 0. The Bertz CT molecular complexity index is 1430. The summed E-state index contributed by atoms with van der Waals surface area (Å²) in [6.07, 6.45) is 0.469. The van der Waals surface area contributed by atoms with Gasteiger partial charge in [-0.05, 0) is 53.1 Å². The van der Waals surface area contributed by atoms with Gasteiger partial charge in [0, 0.05) is 31.6 Å². The zero-order chi connectivity index (χ0) is 27.1. The van der Waals surface area contributed by atoms with Crippen molar-refractivity contribution in [2.45, 2.75) is 38.0 Å². The first-order valence-electron chi connectivity index (χ1n) is 13.2. The number of hydrogen-bond donors (Lipinski definition) is 3. The molecule has 2 atom stereocenters. The molecule has 0 saturated heterocycles. The normalized spacial score (nSPS) is 18.4. The molecule has 39 heavy (non-hydrogen) atoms. The van der Waals surface area contributed by atoms with Gasteiger partial charge in [0.2, 0.25) is 5.90 Å². The third-order valence-corrected chi connectivity index (χ3v) is 7.00. The summed E-state index contributed by atoms with van der Waals surface area (Å²) in [6.45, 7) is 2.88. The average molecular weight is 524 g/mol. The first kappa shape index (κ1) is 26.4. The number of benzene rings is 4. The van der Waals surface area contributed by atoms with Gasteiger partial charge in [-0.1, -0.05) is 72.8 Å². The Morgan fingerprint density at radius 1 is 0.974 bits per heavy atom. The summed E-state index contributed by atoms with van der Waals surface area (Å²) >= 11 is 0. The smallest absolute Gasteiger partial charge is 0.266 e. The summed E-state index contributed by atoms with van der Waals surface area (Å²) in [5, 5.41) is 11.3. The molecule has 7 nitrogen and oxygen atoms in total. The number of hydrogen-bond acceptors (Lipinski definition) is 6. The van der Waals surface area contributed by atoms with E-state index in [1.165, 1.54) is 0 Å². The standard InChI is InChI=1S/C32H33N3O4/c1-23-32(21-24-9-3-2-4-10-24,34-30(39-23)26-15-17-28(18-16-26)38-20-8-19-36)31(37)35-33-22-27-13-7-12-25-11-5-6-14-29(25)27/h2-7,9-18,23,33,36H,8,19-22H2,1H3,(H,35,37)/t23-,32-/m0/s1. The minimum absolute atomic E-state index is 0.0863. The zero-order valence-electron chi connectivity index (χ0n) is 22.0. The molecule has 0 aliphatic carbocycles. The molecule has 0 unspecified atom stereocenters. The molecule has 7 heteroatoms. The van der Waals surface area contributed by atoms with Crippen molar-refractivity contribution < 1.29 is 19.4 Å². The van der Waals surface area contributed by atoms with Crippen LogP contribution < -0.4 is 15.6 Å². The number of carbonyl (C=O) groups is 1. The number of carbonyl (C=O) groups excluding carboxylic acids is 1. The molecular weight excluding hydrogens is 490 g/mol. The van der Waals surface area contributed by atoms with E-state index in [1.807, 2.05) is 79.7 Å². The Hall–Kier alpha value is -4.20. The van der Waals surface area contributed by atoms with E-state index in [0.717, 1.165) is 27.5 Å². The van der Waals surface area contributed by atoms with E-state index < -0.39 is 11.6 Å². The number of nitrogens with zero attached hydrogens (tertiary/aromatic N) is 1. The van der Waals surface area contributed by atoms with E-state index in [9.17, 15) is 4.79 Å². The van der Waals surface area contributed by atoms with E-state index in [-0.39, 0.29) is 12.5 Å². The minimum Gasteiger partial charge on any atom is -0.494 e. The Labute approximate surface area is 228 Å². The maximum atomic E-state index is 13.8. The topological polar surface area (TPSA) is 92.2 Å². The highest BCUT2D eigenvalue weighted by atomic mass is 16.5. The van der Waals surface area contributed by atoms with Crippen molar-refractivity contribution in [2.24, 2.45) is 4.99 Å². The van der Waals surface area contributed by atoms with Gasteiger partial charge in [0.25, 0.3) is 5.91 Å². The second-order valence-corrected chi connectivity index (χ2v) is 9.66. The summed E-state index contributed by atoms with van der Waals surface area (Å²) in [5.41, 5.74) is 7.75. The lowest BCUT2D eigenvalue weighted by atomic mass is 9.86. The van der Waals surface area contributed by atoms with Crippen LogP contribution in [0.2, 0.25) is 0 Å². The first-order chi connectivity index (χ1) is 19.1. The predicted octanol–water partition coefficient (Wildman–Crippen LogP) is 4.57. The number of aliphatic hydroxyl groups excluding tert-OH is 1. The number of aliphatic hydroxyl groups is 1. The lowest BCUT2D eigenvalue weighted by molar-refractivity contribution is -0.129. The van der Waals surface area contributed by atoms with Crippen LogP contribution in [0.4, 0.5) is 0 Å². The van der Waals surface area contributed by atoms with E-state index in [4.69, 9.17) is 19.6 Å². The molecule has 1 heterocycles. The third kappa shape index (κ3) is 5.95. The molecule has 200 valence electrons. The van der Waals surface area contributed by atoms with Crippen LogP contribution in [0.1, 0.15) is 30.0 Å². The molecule has 0 aromatic heterocycles. The van der Waals surface area contributed by atoms with Crippen molar-refractivity contribution >= 4 is 22.6 Å².